The monoisotopic (exact) mass is 194 g/mol. The molecule has 2 rings (SSSR count). The number of rotatable bonds is 1. The van der Waals surface area contributed by atoms with Crippen molar-refractivity contribution in [1.82, 2.24) is 5.12 Å². The van der Waals surface area contributed by atoms with Crippen LogP contribution in [0.15, 0.2) is 30.3 Å². The summed E-state index contributed by atoms with van der Waals surface area (Å²) in [6.45, 7) is 0.550. The van der Waals surface area contributed by atoms with Gasteiger partial charge in [0.2, 0.25) is 5.91 Å². The molecular weight excluding hydrogens is 183 g/mol. The average molecular weight is 194 g/mol. The van der Waals surface area contributed by atoms with Crippen LogP contribution in [-0.2, 0) is 4.79 Å². The second-order valence-corrected chi connectivity index (χ2v) is 3.23. The molecule has 0 bridgehead atoms. The first-order valence-electron chi connectivity index (χ1n) is 4.53. The fourth-order valence-corrected chi connectivity index (χ4v) is 1.53. The van der Waals surface area contributed by atoms with E-state index in [4.69, 9.17) is 0 Å². The van der Waals surface area contributed by atoms with Crippen LogP contribution in [0.4, 0.5) is 10.2 Å². The Morgan fingerprint density at radius 2 is 1.86 bits per heavy atom. The molecule has 74 valence electrons. The van der Waals surface area contributed by atoms with Crippen LogP contribution >= 0.6 is 0 Å². The molecule has 1 heterocycles. The van der Waals surface area contributed by atoms with Crippen molar-refractivity contribution in [1.29, 1.82) is 0 Å². The first-order valence-corrected chi connectivity index (χ1v) is 4.53. The Morgan fingerprint density at radius 1 is 1.14 bits per heavy atom. The molecule has 0 unspecified atom stereocenters. The molecule has 1 fully saturated rings. The Bertz CT molecular complexity index is 328. The standard InChI is InChI=1S/C10H11FN2O/c11-12-6-7-13(10(14)8-12)9-4-2-1-3-5-9/h1-5H,6-8H2. The molecule has 1 aromatic rings. The molecule has 1 aliphatic heterocycles. The number of anilines is 1. The van der Waals surface area contributed by atoms with Gasteiger partial charge in [-0.25, -0.2) is 0 Å². The highest BCUT2D eigenvalue weighted by atomic mass is 19.2. The molecule has 14 heavy (non-hydrogen) atoms. The number of amides is 1. The topological polar surface area (TPSA) is 23.6 Å². The van der Waals surface area contributed by atoms with Crippen LogP contribution in [0.2, 0.25) is 0 Å². The van der Waals surface area contributed by atoms with Gasteiger partial charge < -0.3 is 4.90 Å². The van der Waals surface area contributed by atoms with E-state index in [1.54, 1.807) is 4.90 Å². The van der Waals surface area contributed by atoms with Crippen molar-refractivity contribution in [3.63, 3.8) is 0 Å². The van der Waals surface area contributed by atoms with E-state index in [1.807, 2.05) is 30.3 Å². The van der Waals surface area contributed by atoms with Crippen molar-refractivity contribution >= 4 is 11.6 Å². The molecule has 0 N–H and O–H groups in total. The predicted octanol–water partition coefficient (Wildman–Crippen LogP) is 1.22. The molecule has 1 aliphatic rings. The fraction of sp³-hybridized carbons (Fsp3) is 0.300. The number of halogens is 1. The number of para-hydroxylation sites is 1. The van der Waals surface area contributed by atoms with Gasteiger partial charge in [0.05, 0.1) is 0 Å². The van der Waals surface area contributed by atoms with Gasteiger partial charge in [0.1, 0.15) is 6.54 Å². The third kappa shape index (κ3) is 1.75. The number of piperazine rings is 1. The third-order valence-corrected chi connectivity index (χ3v) is 2.24. The lowest BCUT2D eigenvalue weighted by Crippen LogP contribution is -2.47. The van der Waals surface area contributed by atoms with Crippen molar-refractivity contribution in [2.45, 2.75) is 0 Å². The van der Waals surface area contributed by atoms with E-state index in [2.05, 4.69) is 0 Å². The first-order chi connectivity index (χ1) is 6.77. The summed E-state index contributed by atoms with van der Waals surface area (Å²) in [4.78, 5) is 13.1. The Kier molecular flexibility index (Phi) is 2.45. The van der Waals surface area contributed by atoms with Crippen LogP contribution in [0.3, 0.4) is 0 Å². The maximum absolute atomic E-state index is 12.7. The highest BCUT2D eigenvalue weighted by Gasteiger charge is 2.24. The van der Waals surface area contributed by atoms with Crippen molar-refractivity contribution < 1.29 is 9.28 Å². The van der Waals surface area contributed by atoms with Crippen LogP contribution in [0, 0.1) is 0 Å². The van der Waals surface area contributed by atoms with Crippen LogP contribution in [0.5, 0.6) is 0 Å². The Balaban J connectivity index is 2.16. The number of carbonyl (C=O) groups excluding carboxylic acids is 1. The second kappa shape index (κ2) is 3.75. The van der Waals surface area contributed by atoms with E-state index in [9.17, 15) is 9.28 Å². The summed E-state index contributed by atoms with van der Waals surface area (Å²) in [7, 11) is 0. The molecule has 0 atom stereocenters. The van der Waals surface area contributed by atoms with E-state index >= 15 is 0 Å². The summed E-state index contributed by atoms with van der Waals surface area (Å²) in [6.07, 6.45) is 0. The number of hydrogen-bond acceptors (Lipinski definition) is 2. The highest BCUT2D eigenvalue weighted by Crippen LogP contribution is 2.16. The second-order valence-electron chi connectivity index (χ2n) is 3.23. The quantitative estimate of drug-likeness (QED) is 0.627. The third-order valence-electron chi connectivity index (χ3n) is 2.24. The molecule has 1 saturated heterocycles. The van der Waals surface area contributed by atoms with E-state index in [0.29, 0.717) is 11.7 Å². The maximum Gasteiger partial charge on any atom is 0.243 e. The molecule has 0 radical (unpaired) electrons. The van der Waals surface area contributed by atoms with Crippen LogP contribution in [-0.4, -0.2) is 30.7 Å². The van der Waals surface area contributed by atoms with Gasteiger partial charge in [-0.2, -0.15) is 0 Å². The average Bonchev–Trinajstić information content (AvgIpc) is 2.19. The number of benzene rings is 1. The Morgan fingerprint density at radius 3 is 2.50 bits per heavy atom. The SMILES string of the molecule is O=C1CN(F)CCN1c1ccccc1. The van der Waals surface area contributed by atoms with Crippen LogP contribution in [0.25, 0.3) is 0 Å². The zero-order valence-electron chi connectivity index (χ0n) is 7.69. The molecule has 0 aliphatic carbocycles. The van der Waals surface area contributed by atoms with E-state index in [-0.39, 0.29) is 19.0 Å². The molecule has 0 saturated carbocycles. The minimum Gasteiger partial charge on any atom is -0.310 e. The van der Waals surface area contributed by atoms with Crippen molar-refractivity contribution in [3.8, 4) is 0 Å². The van der Waals surface area contributed by atoms with Crippen molar-refractivity contribution in [3.05, 3.63) is 30.3 Å². The van der Waals surface area contributed by atoms with Gasteiger partial charge >= 0.3 is 0 Å². The van der Waals surface area contributed by atoms with Gasteiger partial charge in [-0.05, 0) is 12.1 Å². The lowest BCUT2D eigenvalue weighted by molar-refractivity contribution is -0.126. The van der Waals surface area contributed by atoms with Gasteiger partial charge in [-0.15, -0.1) is 9.60 Å². The van der Waals surface area contributed by atoms with E-state index in [0.717, 1.165) is 5.69 Å². The Labute approximate surface area is 81.7 Å². The minimum absolute atomic E-state index is 0.144. The largest absolute Gasteiger partial charge is 0.310 e. The number of hydrogen-bond donors (Lipinski definition) is 0. The number of carbonyl (C=O) groups is 1. The molecule has 0 spiro atoms. The van der Waals surface area contributed by atoms with Crippen LogP contribution < -0.4 is 4.90 Å². The summed E-state index contributed by atoms with van der Waals surface area (Å²) in [5.41, 5.74) is 0.839. The fourth-order valence-electron chi connectivity index (χ4n) is 1.53. The zero-order valence-corrected chi connectivity index (χ0v) is 7.69. The minimum atomic E-state index is -0.190. The highest BCUT2D eigenvalue weighted by molar-refractivity contribution is 5.95. The predicted molar refractivity (Wildman–Crippen MR) is 51.5 cm³/mol. The molecule has 1 aromatic carbocycles. The Hall–Kier alpha value is -1.42. The molecule has 0 aromatic heterocycles. The first kappa shape index (κ1) is 9.15. The van der Waals surface area contributed by atoms with E-state index in [1.165, 1.54) is 0 Å². The zero-order chi connectivity index (χ0) is 9.97. The summed E-state index contributed by atoms with van der Waals surface area (Å²) in [5, 5.41) is 0.543. The van der Waals surface area contributed by atoms with Gasteiger partial charge in [-0.3, -0.25) is 4.79 Å². The van der Waals surface area contributed by atoms with Gasteiger partial charge in [0.15, 0.2) is 0 Å². The number of nitrogens with zero attached hydrogens (tertiary/aromatic N) is 2. The smallest absolute Gasteiger partial charge is 0.243 e. The summed E-state index contributed by atoms with van der Waals surface area (Å²) >= 11 is 0. The molecule has 3 nitrogen and oxygen atoms in total. The van der Waals surface area contributed by atoms with Crippen molar-refractivity contribution in [2.24, 2.45) is 0 Å². The summed E-state index contributed by atoms with van der Waals surface area (Å²) in [5.74, 6) is -0.190. The molecule has 1 amide bonds. The maximum atomic E-state index is 12.7. The summed E-state index contributed by atoms with van der Waals surface area (Å²) < 4.78 is 12.7. The van der Waals surface area contributed by atoms with E-state index < -0.39 is 0 Å². The lowest BCUT2D eigenvalue weighted by Gasteiger charge is -2.29. The van der Waals surface area contributed by atoms with Gasteiger partial charge in [-0.1, -0.05) is 18.2 Å². The van der Waals surface area contributed by atoms with Gasteiger partial charge in [0.25, 0.3) is 0 Å². The molecular formula is C10H11FN2O. The van der Waals surface area contributed by atoms with Crippen molar-refractivity contribution in [2.75, 3.05) is 24.5 Å². The van der Waals surface area contributed by atoms with Gasteiger partial charge in [0, 0.05) is 18.8 Å². The molecule has 4 heteroatoms. The summed E-state index contributed by atoms with van der Waals surface area (Å²) in [6, 6.07) is 9.33. The normalized spacial score (nSPS) is 18.6. The lowest BCUT2D eigenvalue weighted by atomic mass is 10.2. The van der Waals surface area contributed by atoms with Crippen LogP contribution in [0.1, 0.15) is 0 Å².